The van der Waals surface area contributed by atoms with E-state index in [9.17, 15) is 9.59 Å². The Morgan fingerprint density at radius 1 is 1.23 bits per heavy atom. The molecule has 3 aromatic rings. The fourth-order valence-corrected chi connectivity index (χ4v) is 3.56. The number of hydrogen-bond acceptors (Lipinski definition) is 9. The molecule has 134 valence electrons. The van der Waals surface area contributed by atoms with E-state index in [0.717, 1.165) is 22.9 Å². The van der Waals surface area contributed by atoms with Crippen molar-refractivity contribution in [3.8, 4) is 5.88 Å². The van der Waals surface area contributed by atoms with Crippen LogP contribution >= 0.6 is 22.9 Å². The summed E-state index contributed by atoms with van der Waals surface area (Å²) >= 11 is 2.23. The highest BCUT2D eigenvalue weighted by Crippen LogP contribution is 2.30. The predicted molar refractivity (Wildman–Crippen MR) is 99.5 cm³/mol. The summed E-state index contributed by atoms with van der Waals surface area (Å²) in [4.78, 5) is 32.3. The van der Waals surface area contributed by atoms with Crippen LogP contribution in [0.25, 0.3) is 0 Å². The van der Waals surface area contributed by atoms with Gasteiger partial charge < -0.3 is 21.1 Å². The number of rotatable bonds is 6. The number of methoxy groups -OCH3 is 1. The van der Waals surface area contributed by atoms with Gasteiger partial charge in [-0.3, -0.25) is 9.59 Å². The van der Waals surface area contributed by atoms with Crippen LogP contribution in [0.5, 0.6) is 5.88 Å². The summed E-state index contributed by atoms with van der Waals surface area (Å²) in [6, 6.07) is 3.33. The zero-order chi connectivity index (χ0) is 18.7. The van der Waals surface area contributed by atoms with E-state index in [1.165, 1.54) is 19.5 Å². The van der Waals surface area contributed by atoms with Gasteiger partial charge in [0.25, 0.3) is 11.8 Å². The van der Waals surface area contributed by atoms with E-state index in [4.69, 9.17) is 10.5 Å². The molecule has 0 saturated heterocycles. The van der Waals surface area contributed by atoms with Crippen molar-refractivity contribution in [2.45, 2.75) is 6.92 Å². The van der Waals surface area contributed by atoms with Crippen molar-refractivity contribution in [1.82, 2.24) is 14.3 Å². The van der Waals surface area contributed by atoms with E-state index in [0.29, 0.717) is 37.8 Å². The van der Waals surface area contributed by atoms with Crippen LogP contribution in [-0.2, 0) is 0 Å². The summed E-state index contributed by atoms with van der Waals surface area (Å²) in [5, 5.41) is 6.74. The standard InChI is InChI=1S/C15H14N6O3S2/c1-7-11(13(23)19-8-3-4-10(24-2)17-5-8)14(26-21-7)20-15-18-6-9(25-15)12(16)22/h3-6H,1-2H3,(H2,16,22)(H,18,20)(H,19,23). The number of aromatic nitrogens is 3. The predicted octanol–water partition coefficient (Wildman–Crippen LogP) is 2.41. The maximum Gasteiger partial charge on any atom is 0.260 e. The van der Waals surface area contributed by atoms with Gasteiger partial charge in [0.15, 0.2) is 5.13 Å². The van der Waals surface area contributed by atoms with E-state index < -0.39 is 5.91 Å². The van der Waals surface area contributed by atoms with Crippen LogP contribution in [0.4, 0.5) is 15.8 Å². The fraction of sp³-hybridized carbons (Fsp3) is 0.133. The average Bonchev–Trinajstić information content (AvgIpc) is 3.23. The van der Waals surface area contributed by atoms with Crippen molar-refractivity contribution in [3.63, 3.8) is 0 Å². The third kappa shape index (κ3) is 3.78. The molecule has 9 nitrogen and oxygen atoms in total. The number of primary amides is 1. The largest absolute Gasteiger partial charge is 0.481 e. The van der Waals surface area contributed by atoms with E-state index in [-0.39, 0.29) is 5.91 Å². The summed E-state index contributed by atoms with van der Waals surface area (Å²) in [5.41, 5.74) is 6.71. The van der Waals surface area contributed by atoms with Crippen LogP contribution in [0.3, 0.4) is 0 Å². The van der Waals surface area contributed by atoms with Gasteiger partial charge in [0.2, 0.25) is 5.88 Å². The van der Waals surface area contributed by atoms with Crippen LogP contribution in [0.1, 0.15) is 25.7 Å². The van der Waals surface area contributed by atoms with Gasteiger partial charge in [0.05, 0.1) is 36.4 Å². The molecule has 0 bridgehead atoms. The molecule has 3 aromatic heterocycles. The van der Waals surface area contributed by atoms with E-state index in [2.05, 4.69) is 25.0 Å². The number of amides is 2. The highest BCUT2D eigenvalue weighted by molar-refractivity contribution is 7.18. The van der Waals surface area contributed by atoms with E-state index in [1.807, 2.05) is 0 Å². The lowest BCUT2D eigenvalue weighted by atomic mass is 10.2. The third-order valence-electron chi connectivity index (χ3n) is 3.26. The van der Waals surface area contributed by atoms with Crippen LogP contribution < -0.4 is 21.1 Å². The minimum Gasteiger partial charge on any atom is -0.481 e. The number of ether oxygens (including phenoxy) is 1. The summed E-state index contributed by atoms with van der Waals surface area (Å²) in [6.07, 6.45) is 2.88. The Morgan fingerprint density at radius 2 is 2.04 bits per heavy atom. The smallest absolute Gasteiger partial charge is 0.260 e. The van der Waals surface area contributed by atoms with Gasteiger partial charge in [-0.1, -0.05) is 11.3 Å². The van der Waals surface area contributed by atoms with Crippen molar-refractivity contribution in [2.75, 3.05) is 17.7 Å². The second-order valence-electron chi connectivity index (χ2n) is 5.03. The molecule has 0 aliphatic carbocycles. The van der Waals surface area contributed by atoms with E-state index in [1.54, 1.807) is 19.1 Å². The first-order valence-corrected chi connectivity index (χ1v) is 8.87. The lowest BCUT2D eigenvalue weighted by molar-refractivity contribution is 0.100. The lowest BCUT2D eigenvalue weighted by Gasteiger charge is -2.07. The van der Waals surface area contributed by atoms with Gasteiger partial charge in [0.1, 0.15) is 9.88 Å². The number of anilines is 3. The summed E-state index contributed by atoms with van der Waals surface area (Å²) in [7, 11) is 1.52. The van der Waals surface area contributed by atoms with Gasteiger partial charge in [-0.25, -0.2) is 9.97 Å². The molecule has 0 aromatic carbocycles. The number of nitrogens with one attached hydrogen (secondary N) is 2. The molecule has 4 N–H and O–H groups in total. The normalized spacial score (nSPS) is 10.4. The van der Waals surface area contributed by atoms with Crippen molar-refractivity contribution in [3.05, 3.63) is 40.7 Å². The lowest BCUT2D eigenvalue weighted by Crippen LogP contribution is -2.14. The van der Waals surface area contributed by atoms with Gasteiger partial charge in [-0.2, -0.15) is 4.37 Å². The average molecular weight is 390 g/mol. The Morgan fingerprint density at radius 3 is 2.65 bits per heavy atom. The minimum absolute atomic E-state index is 0.323. The van der Waals surface area contributed by atoms with Gasteiger partial charge in [0, 0.05) is 6.07 Å². The molecule has 26 heavy (non-hydrogen) atoms. The number of hydrogen-bond donors (Lipinski definition) is 3. The number of carbonyl (C=O) groups excluding carboxylic acids is 2. The monoisotopic (exact) mass is 390 g/mol. The maximum absolute atomic E-state index is 12.6. The first kappa shape index (κ1) is 17.8. The topological polar surface area (TPSA) is 132 Å². The Balaban J connectivity index is 1.79. The SMILES string of the molecule is COc1ccc(NC(=O)c2c(C)nsc2Nc2ncc(C(N)=O)s2)cn1. The van der Waals surface area contributed by atoms with Crippen LogP contribution in [-0.4, -0.2) is 33.3 Å². The molecule has 11 heteroatoms. The molecule has 2 amide bonds. The van der Waals surface area contributed by atoms with Crippen molar-refractivity contribution < 1.29 is 14.3 Å². The zero-order valence-corrected chi connectivity index (χ0v) is 15.4. The van der Waals surface area contributed by atoms with E-state index >= 15 is 0 Å². The third-order valence-corrected chi connectivity index (χ3v) is 5.04. The second-order valence-corrected chi connectivity index (χ2v) is 6.84. The van der Waals surface area contributed by atoms with Crippen molar-refractivity contribution in [1.29, 1.82) is 0 Å². The molecular formula is C15H14N6O3S2. The molecule has 0 radical (unpaired) electrons. The van der Waals surface area contributed by atoms with Crippen molar-refractivity contribution in [2.24, 2.45) is 5.73 Å². The molecule has 3 rings (SSSR count). The second kappa shape index (κ2) is 7.45. The molecule has 0 spiro atoms. The van der Waals surface area contributed by atoms with Crippen molar-refractivity contribution >= 4 is 50.5 Å². The summed E-state index contributed by atoms with van der Waals surface area (Å²) in [5.74, 6) is -0.439. The number of aryl methyl sites for hydroxylation is 1. The number of nitrogens with zero attached hydrogens (tertiary/aromatic N) is 3. The molecular weight excluding hydrogens is 376 g/mol. The Hall–Kier alpha value is -3.05. The molecule has 3 heterocycles. The quantitative estimate of drug-likeness (QED) is 0.589. The molecule has 0 unspecified atom stereocenters. The minimum atomic E-state index is -0.555. The van der Waals surface area contributed by atoms with Crippen LogP contribution in [0.15, 0.2) is 24.5 Å². The molecule has 0 aliphatic heterocycles. The number of pyridine rings is 1. The first-order valence-electron chi connectivity index (χ1n) is 7.28. The molecule has 0 aliphatic rings. The Kier molecular flexibility index (Phi) is 5.09. The number of nitrogens with two attached hydrogens (primary N) is 1. The summed E-state index contributed by atoms with van der Waals surface area (Å²) in [6.45, 7) is 1.74. The number of thiazole rings is 1. The summed E-state index contributed by atoms with van der Waals surface area (Å²) < 4.78 is 9.20. The molecule has 0 saturated carbocycles. The van der Waals surface area contributed by atoms with Gasteiger partial charge >= 0.3 is 0 Å². The maximum atomic E-state index is 12.6. The Labute approximate surface area is 156 Å². The van der Waals surface area contributed by atoms with Crippen LogP contribution in [0.2, 0.25) is 0 Å². The first-order chi connectivity index (χ1) is 12.5. The number of carbonyl (C=O) groups is 2. The highest BCUT2D eigenvalue weighted by Gasteiger charge is 2.20. The fourth-order valence-electron chi connectivity index (χ4n) is 2.03. The van der Waals surface area contributed by atoms with Gasteiger partial charge in [-0.15, -0.1) is 0 Å². The van der Waals surface area contributed by atoms with Crippen LogP contribution in [0, 0.1) is 6.92 Å². The Bertz CT molecular complexity index is 951. The zero-order valence-electron chi connectivity index (χ0n) is 13.8. The highest BCUT2D eigenvalue weighted by atomic mass is 32.1. The molecule has 0 atom stereocenters. The molecule has 0 fully saturated rings. The van der Waals surface area contributed by atoms with Gasteiger partial charge in [-0.05, 0) is 24.5 Å².